The van der Waals surface area contributed by atoms with Crippen molar-refractivity contribution in [2.45, 2.75) is 23.6 Å². The smallest absolute Gasteiger partial charge is 0.362 e. The van der Waals surface area contributed by atoms with Crippen LogP contribution in [0.4, 0.5) is 13.2 Å². The second-order valence-electron chi connectivity index (χ2n) is 5.80. The van der Waals surface area contributed by atoms with E-state index in [1.54, 1.807) is 18.2 Å². The van der Waals surface area contributed by atoms with Gasteiger partial charge in [-0.05, 0) is 35.7 Å². The third kappa shape index (κ3) is 3.67. The van der Waals surface area contributed by atoms with Crippen LogP contribution in [0.5, 0.6) is 0 Å². The lowest BCUT2D eigenvalue weighted by Gasteiger charge is -2.13. The molecule has 0 aliphatic heterocycles. The average molecular weight is 419 g/mol. The van der Waals surface area contributed by atoms with Gasteiger partial charge in [-0.1, -0.05) is 29.8 Å². The van der Waals surface area contributed by atoms with Crippen LogP contribution in [0.3, 0.4) is 0 Å². The van der Waals surface area contributed by atoms with Crippen molar-refractivity contribution in [1.29, 1.82) is 0 Å². The molecule has 0 unspecified atom stereocenters. The topological polar surface area (TPSA) is 61.2 Å². The summed E-state index contributed by atoms with van der Waals surface area (Å²) in [5, 5.41) is 4.82. The molecule has 0 aliphatic carbocycles. The van der Waals surface area contributed by atoms with Gasteiger partial charge in [0.05, 0.1) is 11.7 Å². The molecule has 0 bridgehead atoms. The van der Waals surface area contributed by atoms with Gasteiger partial charge in [0, 0.05) is 17.5 Å². The lowest BCUT2D eigenvalue weighted by atomic mass is 10.0. The summed E-state index contributed by atoms with van der Waals surface area (Å²) >= 11 is 5.97. The van der Waals surface area contributed by atoms with Crippen LogP contribution in [-0.4, -0.2) is 30.8 Å². The van der Waals surface area contributed by atoms with Crippen LogP contribution in [-0.2, 0) is 27.7 Å². The number of benzene rings is 2. The summed E-state index contributed by atoms with van der Waals surface area (Å²) in [5.41, 5.74) is -4.12. The van der Waals surface area contributed by atoms with Crippen LogP contribution in [0.2, 0.25) is 5.02 Å². The first-order valence-electron chi connectivity index (χ1n) is 7.67. The Bertz CT molecular complexity index is 1090. The summed E-state index contributed by atoms with van der Waals surface area (Å²) in [7, 11) is -4.21. The molecule has 1 aromatic heterocycles. The highest BCUT2D eigenvalue weighted by Gasteiger charge is 2.48. The molecule has 0 atom stereocenters. The lowest BCUT2D eigenvalue weighted by molar-refractivity contribution is -0.0435. The third-order valence-electron chi connectivity index (χ3n) is 3.98. The number of fused-ring (bicyclic) bond motifs is 1. The zero-order valence-electron chi connectivity index (χ0n) is 14.0. The minimum Gasteiger partial charge on any atom is -0.362 e. The Balaban J connectivity index is 2.21. The lowest BCUT2D eigenvalue weighted by Crippen LogP contribution is -2.24. The predicted molar refractivity (Wildman–Crippen MR) is 94.2 cm³/mol. The van der Waals surface area contributed by atoms with Crippen LogP contribution >= 0.6 is 11.6 Å². The number of nitrogens with zero attached hydrogens (tertiary/aromatic N) is 2. The molecule has 3 rings (SSSR count). The van der Waals surface area contributed by atoms with Crippen molar-refractivity contribution in [2.75, 3.05) is 7.11 Å². The van der Waals surface area contributed by atoms with Gasteiger partial charge in [0.15, 0.2) is 0 Å². The monoisotopic (exact) mass is 418 g/mol. The van der Waals surface area contributed by atoms with Crippen molar-refractivity contribution < 1.29 is 26.3 Å². The quantitative estimate of drug-likeness (QED) is 0.623. The second kappa shape index (κ2) is 7.14. The number of halogens is 4. The number of methoxy groups -OCH3 is 1. The molecule has 27 heavy (non-hydrogen) atoms. The van der Waals surface area contributed by atoms with E-state index in [9.17, 15) is 21.6 Å². The molecular formula is C17H14ClF3N2O3S. The molecule has 144 valence electrons. The number of aromatic nitrogens is 2. The molecule has 0 spiro atoms. The van der Waals surface area contributed by atoms with Gasteiger partial charge in [-0.25, -0.2) is 13.1 Å². The summed E-state index contributed by atoms with van der Waals surface area (Å²) in [4.78, 5) is -0.852. The van der Waals surface area contributed by atoms with Crippen LogP contribution in [0, 0.1) is 0 Å². The Morgan fingerprint density at radius 1 is 1.22 bits per heavy atom. The van der Waals surface area contributed by atoms with Crippen molar-refractivity contribution in [3.8, 4) is 0 Å². The van der Waals surface area contributed by atoms with Crippen LogP contribution in [0.1, 0.15) is 11.1 Å². The first kappa shape index (κ1) is 19.7. The Morgan fingerprint density at radius 2 is 1.96 bits per heavy atom. The summed E-state index contributed by atoms with van der Waals surface area (Å²) < 4.78 is 69.3. The van der Waals surface area contributed by atoms with E-state index in [1.807, 2.05) is 6.07 Å². The van der Waals surface area contributed by atoms with Crippen molar-refractivity contribution in [3.05, 3.63) is 58.7 Å². The van der Waals surface area contributed by atoms with E-state index in [0.717, 1.165) is 16.3 Å². The normalized spacial score (nSPS) is 12.6. The Morgan fingerprint density at radius 3 is 2.59 bits per heavy atom. The molecule has 5 nitrogen and oxygen atoms in total. The van der Waals surface area contributed by atoms with E-state index >= 15 is 0 Å². The summed E-state index contributed by atoms with van der Waals surface area (Å²) in [5.74, 6) is 0. The van der Waals surface area contributed by atoms with Crippen molar-refractivity contribution in [3.63, 3.8) is 0 Å². The van der Waals surface area contributed by atoms with Gasteiger partial charge < -0.3 is 4.74 Å². The maximum atomic E-state index is 13.1. The minimum atomic E-state index is -5.55. The summed E-state index contributed by atoms with van der Waals surface area (Å²) in [6.07, 6.45) is 1.69. The first-order chi connectivity index (χ1) is 12.6. The van der Waals surface area contributed by atoms with E-state index < -0.39 is 20.2 Å². The molecule has 0 amide bonds. The fourth-order valence-corrected chi connectivity index (χ4v) is 3.99. The van der Waals surface area contributed by atoms with Gasteiger partial charge in [0.1, 0.15) is 11.6 Å². The molecule has 3 aromatic rings. The molecule has 0 saturated heterocycles. The van der Waals surface area contributed by atoms with Gasteiger partial charge >= 0.3 is 5.51 Å². The number of hydrogen-bond acceptors (Lipinski definition) is 4. The second-order valence-corrected chi connectivity index (χ2v) is 8.15. The molecule has 10 heteroatoms. The van der Waals surface area contributed by atoms with Gasteiger partial charge in [0.25, 0.3) is 9.84 Å². The fourth-order valence-electron chi connectivity index (χ4n) is 2.81. The molecule has 2 aromatic carbocycles. The molecule has 1 heterocycles. The van der Waals surface area contributed by atoms with E-state index in [-0.39, 0.29) is 12.2 Å². The first-order valence-corrected chi connectivity index (χ1v) is 9.53. The van der Waals surface area contributed by atoms with Crippen LogP contribution < -0.4 is 0 Å². The van der Waals surface area contributed by atoms with E-state index in [0.29, 0.717) is 22.4 Å². The highest BCUT2D eigenvalue weighted by atomic mass is 35.5. The van der Waals surface area contributed by atoms with Crippen molar-refractivity contribution in [1.82, 2.24) is 9.78 Å². The maximum absolute atomic E-state index is 13.1. The van der Waals surface area contributed by atoms with Gasteiger partial charge in [0.2, 0.25) is 0 Å². The van der Waals surface area contributed by atoms with Crippen molar-refractivity contribution >= 4 is 32.3 Å². The number of rotatable bonds is 5. The highest BCUT2D eigenvalue weighted by Crippen LogP contribution is 2.36. The Hall–Kier alpha value is -2.10. The fraction of sp³-hybridized carbons (Fsp3) is 0.235. The molecule has 0 N–H and O–H groups in total. The maximum Gasteiger partial charge on any atom is 0.501 e. The summed E-state index contributed by atoms with van der Waals surface area (Å²) in [6.45, 7) is -0.190. The van der Waals surface area contributed by atoms with Gasteiger partial charge in [-0.2, -0.15) is 18.3 Å². The van der Waals surface area contributed by atoms with Crippen LogP contribution in [0.15, 0.2) is 47.5 Å². The summed E-state index contributed by atoms with van der Waals surface area (Å²) in [6, 6.07) is 9.33. The number of hydrogen-bond donors (Lipinski definition) is 0. The zero-order chi connectivity index (χ0) is 19.8. The van der Waals surface area contributed by atoms with E-state index in [1.165, 1.54) is 19.4 Å². The Labute approximate surface area is 158 Å². The molecule has 0 radical (unpaired) electrons. The molecule has 0 saturated carbocycles. The third-order valence-corrected chi connectivity index (χ3v) is 5.74. The number of sulfone groups is 1. The van der Waals surface area contributed by atoms with E-state index in [4.69, 9.17) is 16.3 Å². The van der Waals surface area contributed by atoms with Gasteiger partial charge in [-0.15, -0.1) is 0 Å². The number of ether oxygens (including phenoxy) is 1. The SMILES string of the molecule is COCn1ncc2c(Cc3cccc(Cl)c3)ccc(S(=O)(=O)C(F)(F)F)c21. The standard InChI is InChI=1S/C17H14ClF3N2O3S/c1-26-10-23-16-14(9-22-23)12(7-11-3-2-4-13(18)8-11)5-6-15(16)27(24,25)17(19,20)21/h2-6,8-9H,7,10H2,1H3. The number of alkyl halides is 3. The molecule has 0 aliphatic rings. The molecular weight excluding hydrogens is 405 g/mol. The largest absolute Gasteiger partial charge is 0.501 e. The van der Waals surface area contributed by atoms with Gasteiger partial charge in [-0.3, -0.25) is 0 Å². The highest BCUT2D eigenvalue weighted by molar-refractivity contribution is 7.92. The van der Waals surface area contributed by atoms with Crippen molar-refractivity contribution in [2.24, 2.45) is 0 Å². The predicted octanol–water partition coefficient (Wildman–Crippen LogP) is 4.18. The van der Waals surface area contributed by atoms with E-state index in [2.05, 4.69) is 5.10 Å². The average Bonchev–Trinajstić information content (AvgIpc) is 2.99. The zero-order valence-corrected chi connectivity index (χ0v) is 15.6. The van der Waals surface area contributed by atoms with Crippen LogP contribution in [0.25, 0.3) is 10.9 Å². The molecule has 0 fully saturated rings. The minimum absolute atomic E-state index is 0.145. The Kier molecular flexibility index (Phi) is 5.20.